The molecule has 0 aliphatic rings. The van der Waals surface area contributed by atoms with Crippen molar-refractivity contribution in [2.24, 2.45) is 0 Å². The number of phenolic OH excluding ortho intramolecular Hbond substituents is 1. The second kappa shape index (κ2) is 5.41. The highest BCUT2D eigenvalue weighted by Gasteiger charge is 2.19. The molecule has 0 spiro atoms. The average Bonchev–Trinajstić information content (AvgIpc) is 2.55. The lowest BCUT2D eigenvalue weighted by molar-refractivity contribution is 0.0967. The second-order valence-corrected chi connectivity index (χ2v) is 5.17. The van der Waals surface area contributed by atoms with Crippen LogP contribution in [0.15, 0.2) is 66.7 Å². The lowest BCUT2D eigenvalue weighted by Crippen LogP contribution is -2.10. The molecular formula is C19H16O2. The molecule has 0 saturated heterocycles. The molecule has 104 valence electrons. The van der Waals surface area contributed by atoms with Gasteiger partial charge in [-0.05, 0) is 23.1 Å². The Morgan fingerprint density at radius 3 is 2.19 bits per heavy atom. The Labute approximate surface area is 123 Å². The van der Waals surface area contributed by atoms with Gasteiger partial charge in [0.1, 0.15) is 5.75 Å². The van der Waals surface area contributed by atoms with Gasteiger partial charge in [0.2, 0.25) is 0 Å². The van der Waals surface area contributed by atoms with Gasteiger partial charge in [-0.15, -0.1) is 0 Å². The predicted octanol–water partition coefficient (Wildman–Crippen LogP) is 4.53. The van der Waals surface area contributed by atoms with Crippen molar-refractivity contribution in [3.63, 3.8) is 0 Å². The fraction of sp³-hybridized carbons (Fsp3) is 0.105. The summed E-state index contributed by atoms with van der Waals surface area (Å²) in [6, 6.07) is 20.5. The molecule has 0 radical (unpaired) electrons. The molecule has 0 aromatic heterocycles. The summed E-state index contributed by atoms with van der Waals surface area (Å²) in [4.78, 5) is 12.8. The average molecular weight is 276 g/mol. The third-order valence-corrected chi connectivity index (χ3v) is 3.86. The fourth-order valence-electron chi connectivity index (χ4n) is 2.62. The molecule has 1 N–H and O–H groups in total. The molecule has 0 fully saturated rings. The standard InChI is InChI=1S/C19H16O2/c1-13(14-7-3-2-4-8-14)19(21)17-11-12-18(20)16-10-6-5-9-15(16)17/h2-13,20H,1H3/t13-/m1/s1. The molecule has 1 atom stereocenters. The predicted molar refractivity (Wildman–Crippen MR) is 84.8 cm³/mol. The molecule has 0 bridgehead atoms. The second-order valence-electron chi connectivity index (χ2n) is 5.17. The highest BCUT2D eigenvalue weighted by atomic mass is 16.3. The Bertz CT molecular complexity index is 791. The van der Waals surface area contributed by atoms with E-state index >= 15 is 0 Å². The van der Waals surface area contributed by atoms with E-state index in [2.05, 4.69) is 0 Å². The van der Waals surface area contributed by atoms with E-state index in [4.69, 9.17) is 0 Å². The van der Waals surface area contributed by atoms with E-state index in [1.54, 1.807) is 12.1 Å². The third-order valence-electron chi connectivity index (χ3n) is 3.86. The van der Waals surface area contributed by atoms with Crippen LogP contribution in [0.2, 0.25) is 0 Å². The molecule has 3 aromatic rings. The first-order valence-electron chi connectivity index (χ1n) is 6.98. The Morgan fingerprint density at radius 1 is 0.857 bits per heavy atom. The number of hydrogen-bond acceptors (Lipinski definition) is 2. The van der Waals surface area contributed by atoms with Crippen molar-refractivity contribution in [3.05, 3.63) is 77.9 Å². The van der Waals surface area contributed by atoms with Crippen LogP contribution >= 0.6 is 0 Å². The maximum Gasteiger partial charge on any atom is 0.170 e. The minimum atomic E-state index is -0.209. The maximum atomic E-state index is 12.8. The molecule has 2 heteroatoms. The Morgan fingerprint density at radius 2 is 1.48 bits per heavy atom. The van der Waals surface area contributed by atoms with Crippen LogP contribution in [-0.4, -0.2) is 10.9 Å². The van der Waals surface area contributed by atoms with Gasteiger partial charge in [-0.25, -0.2) is 0 Å². The molecular weight excluding hydrogens is 260 g/mol. The summed E-state index contributed by atoms with van der Waals surface area (Å²) in [7, 11) is 0. The zero-order valence-corrected chi connectivity index (χ0v) is 11.8. The van der Waals surface area contributed by atoms with Gasteiger partial charge in [0.05, 0.1) is 0 Å². The summed E-state index contributed by atoms with van der Waals surface area (Å²) in [6.07, 6.45) is 0. The van der Waals surface area contributed by atoms with Crippen molar-refractivity contribution < 1.29 is 9.90 Å². The van der Waals surface area contributed by atoms with Gasteiger partial charge in [-0.3, -0.25) is 4.79 Å². The number of aromatic hydroxyl groups is 1. The van der Waals surface area contributed by atoms with Gasteiger partial charge in [0, 0.05) is 16.9 Å². The van der Waals surface area contributed by atoms with Crippen molar-refractivity contribution in [3.8, 4) is 5.75 Å². The largest absolute Gasteiger partial charge is 0.507 e. The first kappa shape index (κ1) is 13.4. The zero-order chi connectivity index (χ0) is 14.8. The van der Waals surface area contributed by atoms with Crippen molar-refractivity contribution in [1.82, 2.24) is 0 Å². The van der Waals surface area contributed by atoms with Crippen LogP contribution < -0.4 is 0 Å². The quantitative estimate of drug-likeness (QED) is 0.713. The minimum absolute atomic E-state index is 0.0670. The molecule has 0 aliphatic heterocycles. The first-order valence-corrected chi connectivity index (χ1v) is 6.98. The molecule has 3 aromatic carbocycles. The number of carbonyl (C=O) groups is 1. The first-order chi connectivity index (χ1) is 10.2. The number of ketones is 1. The molecule has 0 unspecified atom stereocenters. The van der Waals surface area contributed by atoms with Crippen LogP contribution in [0.25, 0.3) is 10.8 Å². The number of hydrogen-bond donors (Lipinski definition) is 1. The van der Waals surface area contributed by atoms with E-state index in [0.29, 0.717) is 10.9 Å². The summed E-state index contributed by atoms with van der Waals surface area (Å²) < 4.78 is 0. The Balaban J connectivity index is 2.09. The molecule has 2 nitrogen and oxygen atoms in total. The van der Waals surface area contributed by atoms with Crippen LogP contribution in [0.3, 0.4) is 0 Å². The number of phenols is 1. The van der Waals surface area contributed by atoms with Crippen LogP contribution in [-0.2, 0) is 0 Å². The minimum Gasteiger partial charge on any atom is -0.507 e. The normalized spacial score (nSPS) is 12.2. The topological polar surface area (TPSA) is 37.3 Å². The lowest BCUT2D eigenvalue weighted by atomic mass is 9.89. The van der Waals surface area contributed by atoms with Crippen molar-refractivity contribution in [2.75, 3.05) is 0 Å². The summed E-state index contributed by atoms with van der Waals surface area (Å²) in [5.41, 5.74) is 1.65. The fourth-order valence-corrected chi connectivity index (χ4v) is 2.62. The smallest absolute Gasteiger partial charge is 0.170 e. The van der Waals surface area contributed by atoms with E-state index in [-0.39, 0.29) is 17.5 Å². The highest BCUT2D eigenvalue weighted by molar-refractivity contribution is 6.11. The summed E-state index contributed by atoms with van der Waals surface area (Å²) in [6.45, 7) is 1.92. The number of Topliss-reactive ketones (excluding diaryl/α,β-unsaturated/α-hetero) is 1. The third kappa shape index (κ3) is 2.40. The number of carbonyl (C=O) groups excluding carboxylic acids is 1. The SMILES string of the molecule is C[C@@H](C(=O)c1ccc(O)c2ccccc12)c1ccccc1. The van der Waals surface area contributed by atoms with Gasteiger partial charge in [-0.1, -0.05) is 61.5 Å². The van der Waals surface area contributed by atoms with Crippen LogP contribution in [0, 0.1) is 0 Å². The number of fused-ring (bicyclic) bond motifs is 1. The van der Waals surface area contributed by atoms with E-state index in [9.17, 15) is 9.90 Å². The highest BCUT2D eigenvalue weighted by Crippen LogP contribution is 2.30. The van der Waals surface area contributed by atoms with Gasteiger partial charge in [-0.2, -0.15) is 0 Å². The zero-order valence-electron chi connectivity index (χ0n) is 11.8. The summed E-state index contributed by atoms with van der Waals surface area (Å²) >= 11 is 0. The molecule has 0 heterocycles. The van der Waals surface area contributed by atoms with E-state index in [0.717, 1.165) is 10.9 Å². The number of benzene rings is 3. The van der Waals surface area contributed by atoms with Gasteiger partial charge in [0.25, 0.3) is 0 Å². The van der Waals surface area contributed by atoms with Gasteiger partial charge >= 0.3 is 0 Å². The molecule has 21 heavy (non-hydrogen) atoms. The summed E-state index contributed by atoms with van der Waals surface area (Å²) in [5, 5.41) is 11.4. The maximum absolute atomic E-state index is 12.8. The Kier molecular flexibility index (Phi) is 3.44. The molecule has 3 rings (SSSR count). The van der Waals surface area contributed by atoms with Crippen molar-refractivity contribution >= 4 is 16.6 Å². The van der Waals surface area contributed by atoms with E-state index in [1.807, 2.05) is 61.5 Å². The Hall–Kier alpha value is -2.61. The van der Waals surface area contributed by atoms with Crippen molar-refractivity contribution in [1.29, 1.82) is 0 Å². The molecule has 0 amide bonds. The summed E-state index contributed by atoms with van der Waals surface area (Å²) in [5.74, 6) is 0.0612. The lowest BCUT2D eigenvalue weighted by Gasteiger charge is -2.13. The van der Waals surface area contributed by atoms with Gasteiger partial charge in [0.15, 0.2) is 5.78 Å². The van der Waals surface area contributed by atoms with E-state index < -0.39 is 0 Å². The monoisotopic (exact) mass is 276 g/mol. The van der Waals surface area contributed by atoms with Crippen molar-refractivity contribution in [2.45, 2.75) is 12.8 Å². The van der Waals surface area contributed by atoms with Gasteiger partial charge < -0.3 is 5.11 Å². The molecule has 0 aliphatic carbocycles. The molecule has 0 saturated carbocycles. The number of rotatable bonds is 3. The van der Waals surface area contributed by atoms with Crippen LogP contribution in [0.1, 0.15) is 28.8 Å². The van der Waals surface area contributed by atoms with Crippen LogP contribution in [0.4, 0.5) is 0 Å². The van der Waals surface area contributed by atoms with Crippen LogP contribution in [0.5, 0.6) is 5.75 Å². The van der Waals surface area contributed by atoms with E-state index in [1.165, 1.54) is 0 Å².